The molecule has 0 bridgehead atoms. The number of carboxylic acids is 2. The Hall–Kier alpha value is -4.58. The van der Waals surface area contributed by atoms with Gasteiger partial charge in [0, 0.05) is 13.0 Å². The lowest BCUT2D eigenvalue weighted by Crippen LogP contribution is -2.55. The van der Waals surface area contributed by atoms with Crippen molar-refractivity contribution >= 4 is 40.5 Å². The van der Waals surface area contributed by atoms with Crippen molar-refractivity contribution in [1.29, 1.82) is 0 Å². The van der Waals surface area contributed by atoms with E-state index in [-0.39, 0.29) is 16.4 Å². The van der Waals surface area contributed by atoms with Gasteiger partial charge in [-0.2, -0.15) is 9.97 Å². The molecule has 0 spiro atoms. The zero-order chi connectivity index (χ0) is 30.8. The van der Waals surface area contributed by atoms with Crippen molar-refractivity contribution in [3.63, 3.8) is 0 Å². The van der Waals surface area contributed by atoms with Crippen molar-refractivity contribution in [3.05, 3.63) is 83.4 Å². The summed E-state index contributed by atoms with van der Waals surface area (Å²) in [6.07, 6.45) is 1.59. The number of aromatic nitrogens is 4. The summed E-state index contributed by atoms with van der Waals surface area (Å²) in [5.74, 6) is -1.16. The van der Waals surface area contributed by atoms with Gasteiger partial charge >= 0.3 is 11.9 Å². The first kappa shape index (κ1) is 29.9. The van der Waals surface area contributed by atoms with Gasteiger partial charge < -0.3 is 35.2 Å². The average molecular weight is 608 g/mol. The highest BCUT2D eigenvalue weighted by Gasteiger charge is 2.58. The number of carbonyl (C=O) groups is 2. The number of carboxylic acid groups (broad SMARTS) is 2. The van der Waals surface area contributed by atoms with Crippen molar-refractivity contribution in [2.75, 3.05) is 11.9 Å². The first-order chi connectivity index (χ1) is 20.6. The molecular formula is C29H26ClN5O8. The molecule has 222 valence electrons. The van der Waals surface area contributed by atoms with E-state index in [9.17, 15) is 30.0 Å². The second-order valence-electron chi connectivity index (χ2n) is 9.84. The minimum Gasteiger partial charge on any atom is -0.479 e. The van der Waals surface area contributed by atoms with Crippen LogP contribution in [0, 0.1) is 12.3 Å². The fourth-order valence-electron chi connectivity index (χ4n) is 4.82. The Morgan fingerprint density at radius 1 is 1.09 bits per heavy atom. The number of benzene rings is 2. The molecule has 4 aromatic rings. The van der Waals surface area contributed by atoms with E-state index in [1.165, 1.54) is 10.9 Å². The van der Waals surface area contributed by atoms with Gasteiger partial charge in [-0.3, -0.25) is 4.57 Å². The highest BCUT2D eigenvalue weighted by Crippen LogP contribution is 2.39. The molecule has 2 aromatic heterocycles. The van der Waals surface area contributed by atoms with E-state index in [1.807, 2.05) is 30.3 Å². The molecule has 2 aromatic carbocycles. The van der Waals surface area contributed by atoms with Crippen LogP contribution >= 0.6 is 11.6 Å². The predicted octanol–water partition coefficient (Wildman–Crippen LogP) is 1.88. The maximum Gasteiger partial charge on any atom is 0.348 e. The molecule has 0 saturated carbocycles. The third-order valence-electron chi connectivity index (χ3n) is 7.19. The summed E-state index contributed by atoms with van der Waals surface area (Å²) in [4.78, 5) is 37.2. The molecule has 1 saturated heterocycles. The number of nitrogens with one attached hydrogen (secondary N) is 1. The van der Waals surface area contributed by atoms with Crippen LogP contribution in [0.25, 0.3) is 11.2 Å². The van der Waals surface area contributed by atoms with Gasteiger partial charge in [0.25, 0.3) is 5.60 Å². The van der Waals surface area contributed by atoms with E-state index < -0.39 is 54.6 Å². The zero-order valence-corrected chi connectivity index (χ0v) is 23.1. The molecule has 0 radical (unpaired) electrons. The van der Waals surface area contributed by atoms with Crippen LogP contribution in [-0.2, 0) is 32.0 Å². The molecule has 5 rings (SSSR count). The smallest absolute Gasteiger partial charge is 0.348 e. The van der Waals surface area contributed by atoms with Crippen molar-refractivity contribution in [2.24, 2.45) is 0 Å². The standard InChI is InChI=1S/C29H26ClN5O8/c1-2-28(41)19(15-42-29(25(37)38,26(39)40)13-17-9-5-3-6-10-17)43-24(21(28)36)35-16-32-20-22(33-27(30)34-23(20)35)31-14-18-11-7-4-8-12-18/h1,3-12,16,19,21,24,36,41H,13-15H2,(H,37,38)(H,39,40)(H,31,33,34)/t19-,21+,24?,28-/m1/s1. The average Bonchev–Trinajstić information content (AvgIpc) is 3.53. The maximum absolute atomic E-state index is 12.2. The van der Waals surface area contributed by atoms with Crippen LogP contribution in [0.1, 0.15) is 17.4 Å². The molecule has 3 heterocycles. The van der Waals surface area contributed by atoms with Crippen molar-refractivity contribution in [2.45, 2.75) is 42.6 Å². The monoisotopic (exact) mass is 607 g/mol. The molecule has 0 aliphatic carbocycles. The summed E-state index contributed by atoms with van der Waals surface area (Å²) in [6, 6.07) is 17.5. The number of hydrogen-bond acceptors (Lipinski definition) is 10. The summed E-state index contributed by atoms with van der Waals surface area (Å²) in [5, 5.41) is 45.2. The Morgan fingerprint density at radius 3 is 2.33 bits per heavy atom. The largest absolute Gasteiger partial charge is 0.479 e. The number of aliphatic hydroxyl groups is 2. The Labute approximate surface area is 249 Å². The number of imidazole rings is 1. The third-order valence-corrected chi connectivity index (χ3v) is 7.35. The highest BCUT2D eigenvalue weighted by molar-refractivity contribution is 6.28. The predicted molar refractivity (Wildman–Crippen MR) is 152 cm³/mol. The van der Waals surface area contributed by atoms with E-state index in [0.29, 0.717) is 17.9 Å². The van der Waals surface area contributed by atoms with E-state index in [4.69, 9.17) is 27.5 Å². The van der Waals surface area contributed by atoms with Gasteiger partial charge in [0.1, 0.15) is 12.2 Å². The van der Waals surface area contributed by atoms with Crippen LogP contribution in [0.15, 0.2) is 67.0 Å². The molecule has 5 N–H and O–H groups in total. The highest BCUT2D eigenvalue weighted by atomic mass is 35.5. The molecule has 1 unspecified atom stereocenters. The number of ether oxygens (including phenoxy) is 2. The molecule has 1 aliphatic heterocycles. The van der Waals surface area contributed by atoms with Crippen molar-refractivity contribution in [3.8, 4) is 12.3 Å². The molecule has 43 heavy (non-hydrogen) atoms. The lowest BCUT2D eigenvalue weighted by Gasteiger charge is -2.30. The number of rotatable bonds is 11. The number of anilines is 1. The number of hydrogen-bond donors (Lipinski definition) is 5. The fraction of sp³-hybridized carbons (Fsp3) is 0.276. The number of terminal acetylenes is 1. The van der Waals surface area contributed by atoms with E-state index in [1.54, 1.807) is 30.3 Å². The number of halogens is 1. The summed E-state index contributed by atoms with van der Waals surface area (Å²) in [6.45, 7) is -0.404. The quantitative estimate of drug-likeness (QED) is 0.0947. The number of fused-ring (bicyclic) bond motifs is 1. The van der Waals surface area contributed by atoms with Gasteiger partial charge in [0.05, 0.1) is 12.9 Å². The van der Waals surface area contributed by atoms with E-state index in [2.05, 4.69) is 26.2 Å². The fourth-order valence-corrected chi connectivity index (χ4v) is 4.98. The number of aliphatic carboxylic acids is 2. The summed E-state index contributed by atoms with van der Waals surface area (Å²) in [7, 11) is 0. The normalized spacial score (nSPS) is 21.9. The number of nitrogens with zero attached hydrogens (tertiary/aromatic N) is 4. The second kappa shape index (κ2) is 12.0. The van der Waals surface area contributed by atoms with Crippen LogP contribution < -0.4 is 5.32 Å². The van der Waals surface area contributed by atoms with Gasteiger partial charge in [-0.05, 0) is 22.7 Å². The summed E-state index contributed by atoms with van der Waals surface area (Å²) >= 11 is 6.20. The van der Waals surface area contributed by atoms with Gasteiger partial charge in [-0.1, -0.05) is 66.6 Å². The van der Waals surface area contributed by atoms with Gasteiger partial charge in [-0.15, -0.1) is 6.42 Å². The Morgan fingerprint density at radius 2 is 1.72 bits per heavy atom. The minimum atomic E-state index is -2.75. The van der Waals surface area contributed by atoms with Crippen LogP contribution in [0.2, 0.25) is 5.28 Å². The molecule has 4 atom stereocenters. The Kier molecular flexibility index (Phi) is 8.32. The Balaban J connectivity index is 1.42. The molecule has 1 aliphatic rings. The second-order valence-corrected chi connectivity index (χ2v) is 10.2. The topological polar surface area (TPSA) is 189 Å². The lowest BCUT2D eigenvalue weighted by molar-refractivity contribution is -0.191. The van der Waals surface area contributed by atoms with Crippen LogP contribution in [0.5, 0.6) is 0 Å². The van der Waals surface area contributed by atoms with Crippen molar-refractivity contribution in [1.82, 2.24) is 19.5 Å². The minimum absolute atomic E-state index is 0.134. The molecule has 14 heteroatoms. The Bertz CT molecular complexity index is 1660. The van der Waals surface area contributed by atoms with Gasteiger partial charge in [0.15, 0.2) is 28.8 Å². The van der Waals surface area contributed by atoms with Gasteiger partial charge in [-0.25, -0.2) is 14.6 Å². The summed E-state index contributed by atoms with van der Waals surface area (Å²) in [5.41, 5.74) is -3.41. The molecule has 0 amide bonds. The SMILES string of the molecule is C#C[C@@]1(O)[C@@H](COC(Cc2ccccc2)(C(=O)O)C(=O)O)OC(n2cnc3c(NCc4ccccc4)nc(Cl)nc32)[C@@H]1O. The van der Waals surface area contributed by atoms with Crippen LogP contribution in [0.3, 0.4) is 0 Å². The van der Waals surface area contributed by atoms with E-state index in [0.717, 1.165) is 5.56 Å². The van der Waals surface area contributed by atoms with E-state index >= 15 is 0 Å². The molecule has 13 nitrogen and oxygen atoms in total. The van der Waals surface area contributed by atoms with Gasteiger partial charge in [0.2, 0.25) is 5.28 Å². The first-order valence-electron chi connectivity index (χ1n) is 12.9. The lowest BCUT2D eigenvalue weighted by atomic mass is 9.92. The molecule has 1 fully saturated rings. The third kappa shape index (κ3) is 5.62. The van der Waals surface area contributed by atoms with Crippen LogP contribution in [-0.4, -0.2) is 81.9 Å². The van der Waals surface area contributed by atoms with Crippen LogP contribution in [0.4, 0.5) is 5.82 Å². The molecular weight excluding hydrogens is 582 g/mol. The van der Waals surface area contributed by atoms with Crippen molar-refractivity contribution < 1.29 is 39.5 Å². The summed E-state index contributed by atoms with van der Waals surface area (Å²) < 4.78 is 12.7. The maximum atomic E-state index is 12.2. The first-order valence-corrected chi connectivity index (χ1v) is 13.3. The zero-order valence-electron chi connectivity index (χ0n) is 22.4. The number of aliphatic hydroxyl groups excluding tert-OH is 1.